The van der Waals surface area contributed by atoms with Crippen LogP contribution in [0.2, 0.25) is 10.0 Å². The van der Waals surface area contributed by atoms with E-state index in [0.717, 1.165) is 37.3 Å². The summed E-state index contributed by atoms with van der Waals surface area (Å²) >= 11 is 12.7. The summed E-state index contributed by atoms with van der Waals surface area (Å²) in [6, 6.07) is 20.3. The van der Waals surface area contributed by atoms with Gasteiger partial charge in [-0.25, -0.2) is 0 Å². The zero-order valence-corrected chi connectivity index (χ0v) is 21.9. The molecule has 3 N–H and O–H groups in total. The van der Waals surface area contributed by atoms with Crippen LogP contribution in [0.15, 0.2) is 66.7 Å². The first-order valence-electron chi connectivity index (χ1n) is 12.1. The molecule has 0 bridgehead atoms. The maximum absolute atomic E-state index is 13.0. The van der Waals surface area contributed by atoms with Crippen molar-refractivity contribution in [3.8, 4) is 0 Å². The fourth-order valence-electron chi connectivity index (χ4n) is 4.51. The van der Waals surface area contributed by atoms with Gasteiger partial charge in [-0.3, -0.25) is 14.5 Å². The smallest absolute Gasteiger partial charge is 0.258 e. The van der Waals surface area contributed by atoms with E-state index in [0.29, 0.717) is 44.9 Å². The Hall–Kier alpha value is -3.36. The first-order valence-corrected chi connectivity index (χ1v) is 12.8. The number of halogens is 2. The van der Waals surface area contributed by atoms with Crippen molar-refractivity contribution in [2.45, 2.75) is 0 Å². The number of likely N-dealkylation sites (N-methyl/N-ethyl adjacent to an activating group) is 1. The van der Waals surface area contributed by atoms with Crippen molar-refractivity contribution in [1.29, 1.82) is 0 Å². The van der Waals surface area contributed by atoms with Gasteiger partial charge in [0.2, 0.25) is 5.91 Å². The highest BCUT2D eigenvalue weighted by atomic mass is 35.5. The van der Waals surface area contributed by atoms with Gasteiger partial charge in [0.25, 0.3) is 5.91 Å². The summed E-state index contributed by atoms with van der Waals surface area (Å²) in [4.78, 5) is 30.0. The highest BCUT2D eigenvalue weighted by Gasteiger charge is 2.28. The first-order chi connectivity index (χ1) is 17.9. The van der Waals surface area contributed by atoms with E-state index in [9.17, 15) is 9.59 Å². The lowest BCUT2D eigenvalue weighted by molar-refractivity contribution is -0.117. The van der Waals surface area contributed by atoms with Gasteiger partial charge in [0.15, 0.2) is 0 Å². The molecule has 37 heavy (non-hydrogen) atoms. The van der Waals surface area contributed by atoms with Gasteiger partial charge in [0.1, 0.15) is 0 Å². The predicted molar refractivity (Wildman–Crippen MR) is 151 cm³/mol. The van der Waals surface area contributed by atoms with Crippen molar-refractivity contribution >= 4 is 63.3 Å². The summed E-state index contributed by atoms with van der Waals surface area (Å²) in [5.41, 5.74) is 4.65. The highest BCUT2D eigenvalue weighted by Crippen LogP contribution is 2.39. The zero-order chi connectivity index (χ0) is 25.9. The lowest BCUT2D eigenvalue weighted by Gasteiger charge is -2.31. The van der Waals surface area contributed by atoms with Gasteiger partial charge in [-0.05, 0) is 42.9 Å². The molecule has 2 aliphatic heterocycles. The van der Waals surface area contributed by atoms with E-state index in [4.69, 9.17) is 23.2 Å². The van der Waals surface area contributed by atoms with E-state index >= 15 is 0 Å². The fraction of sp³-hybridized carbons (Fsp3) is 0.214. The molecule has 9 heteroatoms. The van der Waals surface area contributed by atoms with Gasteiger partial charge in [0.05, 0.1) is 34.2 Å². The van der Waals surface area contributed by atoms with Crippen LogP contribution in [0.1, 0.15) is 11.1 Å². The van der Waals surface area contributed by atoms with Crippen molar-refractivity contribution in [2.75, 3.05) is 55.7 Å². The Morgan fingerprint density at radius 3 is 2.43 bits per heavy atom. The summed E-state index contributed by atoms with van der Waals surface area (Å²) in [5, 5.41) is 10.2. The average molecular weight is 536 g/mol. The molecule has 7 nitrogen and oxygen atoms in total. The van der Waals surface area contributed by atoms with Crippen LogP contribution < -0.4 is 16.0 Å². The van der Waals surface area contributed by atoms with Gasteiger partial charge >= 0.3 is 0 Å². The molecule has 0 aliphatic carbocycles. The molecule has 2 heterocycles. The minimum atomic E-state index is -0.220. The Morgan fingerprint density at radius 1 is 0.946 bits per heavy atom. The van der Waals surface area contributed by atoms with E-state index in [1.54, 1.807) is 24.3 Å². The molecular formula is C28H27Cl2N5O2. The molecule has 3 aromatic rings. The number of carbonyl (C=O) groups is 2. The molecule has 0 atom stereocenters. The molecule has 0 saturated carbocycles. The van der Waals surface area contributed by atoms with Crippen LogP contribution in [0, 0.1) is 0 Å². The molecule has 0 aromatic heterocycles. The topological polar surface area (TPSA) is 76.7 Å². The zero-order valence-electron chi connectivity index (χ0n) is 20.4. The summed E-state index contributed by atoms with van der Waals surface area (Å²) < 4.78 is 0. The van der Waals surface area contributed by atoms with Gasteiger partial charge in [-0.1, -0.05) is 59.6 Å². The molecule has 0 unspecified atom stereocenters. The Kier molecular flexibility index (Phi) is 7.48. The normalized spacial score (nSPS) is 17.2. The summed E-state index contributed by atoms with van der Waals surface area (Å²) in [6.45, 7) is 3.94. The largest absolute Gasteiger partial charge is 0.354 e. The van der Waals surface area contributed by atoms with E-state index in [-0.39, 0.29) is 11.8 Å². The maximum Gasteiger partial charge on any atom is 0.258 e. The van der Waals surface area contributed by atoms with Gasteiger partial charge in [-0.15, -0.1) is 0 Å². The number of amides is 2. The summed E-state index contributed by atoms with van der Waals surface area (Å²) in [5.74, 6) is -0.320. The number of nitrogens with one attached hydrogen (secondary N) is 3. The van der Waals surface area contributed by atoms with Crippen molar-refractivity contribution in [1.82, 2.24) is 9.80 Å². The predicted octanol–water partition coefficient (Wildman–Crippen LogP) is 5.11. The summed E-state index contributed by atoms with van der Waals surface area (Å²) in [6.07, 6.45) is 0. The van der Waals surface area contributed by atoms with Gasteiger partial charge in [0, 0.05) is 42.5 Å². The van der Waals surface area contributed by atoms with Crippen LogP contribution in [-0.2, 0) is 9.59 Å². The number of fused-ring (bicyclic) bond motifs is 1. The third-order valence-electron chi connectivity index (χ3n) is 6.51. The molecule has 2 amide bonds. The molecular weight excluding hydrogens is 509 g/mol. The number of hydrogen-bond acceptors (Lipinski definition) is 5. The van der Waals surface area contributed by atoms with E-state index in [1.807, 2.05) is 42.5 Å². The third kappa shape index (κ3) is 5.81. The van der Waals surface area contributed by atoms with Crippen molar-refractivity contribution in [3.63, 3.8) is 0 Å². The molecule has 3 aromatic carbocycles. The standard InChI is InChI=1S/C28H27Cl2N5O2/c1-34-11-13-35(14-12-34)17-25(36)32-23-10-8-20(16-22(23)30)31-27(18-5-3-2-4-6-18)26-21-9-7-19(29)15-24(21)33-28(26)37/h2-10,15-16,31H,11-14,17H2,1H3,(H,32,36)(H,33,37). The number of nitrogens with zero attached hydrogens (tertiary/aromatic N) is 2. The average Bonchev–Trinajstić information content (AvgIpc) is 3.20. The molecule has 1 fully saturated rings. The molecule has 1 saturated heterocycles. The van der Waals surface area contributed by atoms with Gasteiger partial charge < -0.3 is 20.9 Å². The third-order valence-corrected chi connectivity index (χ3v) is 7.06. The van der Waals surface area contributed by atoms with E-state index < -0.39 is 0 Å². The van der Waals surface area contributed by atoms with E-state index in [1.165, 1.54) is 0 Å². The van der Waals surface area contributed by atoms with Crippen LogP contribution >= 0.6 is 23.2 Å². The van der Waals surface area contributed by atoms with E-state index in [2.05, 4.69) is 32.8 Å². The quantitative estimate of drug-likeness (QED) is 0.382. The van der Waals surface area contributed by atoms with Crippen molar-refractivity contribution in [3.05, 3.63) is 87.9 Å². The Morgan fingerprint density at radius 2 is 1.70 bits per heavy atom. The van der Waals surface area contributed by atoms with Crippen LogP contribution in [0.4, 0.5) is 17.1 Å². The molecule has 190 valence electrons. The Bertz CT molecular complexity index is 1370. The second kappa shape index (κ2) is 10.9. The maximum atomic E-state index is 13.0. The minimum Gasteiger partial charge on any atom is -0.354 e. The second-order valence-electron chi connectivity index (χ2n) is 9.21. The SMILES string of the molecule is CN1CCN(CC(=O)Nc2ccc(NC(=C3C(=O)Nc4cc(Cl)ccc43)c3ccccc3)cc2Cl)CC1. The number of anilines is 3. The Labute approximate surface area is 226 Å². The van der Waals surface area contributed by atoms with Gasteiger partial charge in [-0.2, -0.15) is 0 Å². The molecule has 0 spiro atoms. The second-order valence-corrected chi connectivity index (χ2v) is 10.1. The number of rotatable bonds is 6. The van der Waals surface area contributed by atoms with Crippen LogP contribution in [0.3, 0.4) is 0 Å². The number of benzene rings is 3. The number of carbonyl (C=O) groups excluding carboxylic acids is 2. The Balaban J connectivity index is 1.39. The molecule has 2 aliphatic rings. The van der Waals surface area contributed by atoms with Crippen LogP contribution in [0.5, 0.6) is 0 Å². The first kappa shape index (κ1) is 25.3. The van der Waals surface area contributed by atoms with Crippen LogP contribution in [-0.4, -0.2) is 61.4 Å². The lowest BCUT2D eigenvalue weighted by atomic mass is 10.00. The van der Waals surface area contributed by atoms with Crippen LogP contribution in [0.25, 0.3) is 11.3 Å². The van der Waals surface area contributed by atoms with Crippen molar-refractivity contribution < 1.29 is 9.59 Å². The number of hydrogen-bond donors (Lipinski definition) is 3. The fourth-order valence-corrected chi connectivity index (χ4v) is 4.91. The molecule has 0 radical (unpaired) electrons. The monoisotopic (exact) mass is 535 g/mol. The number of piperazine rings is 1. The molecule has 5 rings (SSSR count). The minimum absolute atomic E-state index is 0.0999. The highest BCUT2D eigenvalue weighted by molar-refractivity contribution is 6.39. The summed E-state index contributed by atoms with van der Waals surface area (Å²) in [7, 11) is 2.08. The lowest BCUT2D eigenvalue weighted by Crippen LogP contribution is -2.47. The van der Waals surface area contributed by atoms with Crippen molar-refractivity contribution in [2.24, 2.45) is 0 Å².